The highest BCUT2D eigenvalue weighted by Crippen LogP contribution is 2.55. The van der Waals surface area contributed by atoms with Gasteiger partial charge in [0.1, 0.15) is 23.2 Å². The largest absolute Gasteiger partial charge is 0.448 e. The van der Waals surface area contributed by atoms with Crippen LogP contribution in [0, 0.1) is 0 Å². The summed E-state index contributed by atoms with van der Waals surface area (Å²) in [7, 11) is -2.16. The van der Waals surface area contributed by atoms with Gasteiger partial charge in [-0.1, -0.05) is 54.6 Å². The van der Waals surface area contributed by atoms with Gasteiger partial charge in [0.15, 0.2) is 11.2 Å². The van der Waals surface area contributed by atoms with Gasteiger partial charge in [0.05, 0.1) is 0 Å². The van der Waals surface area contributed by atoms with Gasteiger partial charge in [0.25, 0.3) is 0 Å². The monoisotopic (exact) mass is 427 g/mol. The lowest BCUT2D eigenvalue weighted by Gasteiger charge is -2.27. The van der Waals surface area contributed by atoms with Crippen molar-refractivity contribution in [3.63, 3.8) is 0 Å². The van der Waals surface area contributed by atoms with E-state index in [4.69, 9.17) is 4.74 Å². The Morgan fingerprint density at radius 1 is 0.808 bits per heavy atom. The van der Waals surface area contributed by atoms with Gasteiger partial charge < -0.3 is 4.74 Å². The minimum Gasteiger partial charge on any atom is -0.448 e. The average Bonchev–Trinajstić information content (AvgIpc) is 2.67. The molecule has 0 fully saturated rings. The fraction of sp³-hybridized carbons (Fsp3) is 0.136. The quantitative estimate of drug-likeness (QED) is 0.333. The first-order chi connectivity index (χ1) is 12.6. The fourth-order valence-corrected chi connectivity index (χ4v) is 7.34. The summed E-state index contributed by atoms with van der Waals surface area (Å²) < 4.78 is 5.48. The van der Waals surface area contributed by atoms with Gasteiger partial charge in [-0.2, -0.15) is 0 Å². The maximum absolute atomic E-state index is 12.8. The first-order valence-electron chi connectivity index (χ1n) is 8.51. The van der Waals surface area contributed by atoms with Gasteiger partial charge in [-0.3, -0.25) is 0 Å². The number of carbonyl (C=O) groups is 1. The Balaban J connectivity index is 2.23. The molecule has 0 spiro atoms. The molecular weight excluding hydrogens is 407 g/mol. The maximum atomic E-state index is 12.8. The van der Waals surface area contributed by atoms with E-state index in [0.717, 1.165) is 0 Å². The number of hydrogen-bond donors (Lipinski definition) is 0. The van der Waals surface area contributed by atoms with Crippen LogP contribution in [0.2, 0.25) is 0 Å². The Hall–Kier alpha value is -1.96. The minimum atomic E-state index is -2.16. The molecule has 1 atom stereocenters. The first-order valence-corrected chi connectivity index (χ1v) is 11.4. The molecule has 2 nitrogen and oxygen atoms in total. The first kappa shape index (κ1) is 18.8. The Kier molecular flexibility index (Phi) is 6.24. The smallest absolute Gasteiger partial charge is 0.346 e. The van der Waals surface area contributed by atoms with Crippen molar-refractivity contribution in [3.05, 3.63) is 91.0 Å². The van der Waals surface area contributed by atoms with E-state index in [0.29, 0.717) is 6.16 Å². The molecule has 3 rings (SSSR count). The normalized spacial score (nSPS) is 12.4. The predicted molar refractivity (Wildman–Crippen MR) is 114 cm³/mol. The molecule has 0 saturated heterocycles. The Labute approximate surface area is 163 Å². The van der Waals surface area contributed by atoms with Crippen LogP contribution in [0.15, 0.2) is 91.0 Å². The molecule has 0 bridgehead atoms. The minimum absolute atomic E-state index is 0.195. The Bertz CT molecular complexity index is 739. The molecule has 0 N–H and O–H groups in total. The zero-order valence-corrected chi connectivity index (χ0v) is 17.1. The number of alkyl halides is 1. The number of esters is 1. The SMILES string of the molecule is CC(Br)OC(=O)C[P+](c1ccccc1)(c1ccccc1)c1ccccc1. The number of halogens is 1. The molecule has 0 amide bonds. The van der Waals surface area contributed by atoms with Gasteiger partial charge in [0.2, 0.25) is 0 Å². The van der Waals surface area contributed by atoms with Gasteiger partial charge in [-0.05, 0) is 59.3 Å². The fourth-order valence-electron chi connectivity index (χ4n) is 3.18. The third-order valence-electron chi connectivity index (χ3n) is 4.25. The summed E-state index contributed by atoms with van der Waals surface area (Å²) >= 11 is 3.32. The molecular formula is C22H21BrO2P+. The second kappa shape index (κ2) is 8.62. The lowest BCUT2D eigenvalue weighted by atomic mass is 10.4. The van der Waals surface area contributed by atoms with Crippen molar-refractivity contribution in [3.8, 4) is 0 Å². The zero-order chi connectivity index (χ0) is 18.4. The number of hydrogen-bond acceptors (Lipinski definition) is 2. The molecule has 3 aromatic rings. The average molecular weight is 428 g/mol. The van der Waals surface area contributed by atoms with Crippen molar-refractivity contribution in [2.75, 3.05) is 6.16 Å². The molecule has 0 aliphatic heterocycles. The summed E-state index contributed by atoms with van der Waals surface area (Å²) in [6.07, 6.45) is 0.334. The van der Waals surface area contributed by atoms with E-state index in [-0.39, 0.29) is 11.0 Å². The molecule has 0 aliphatic carbocycles. The molecule has 3 aromatic carbocycles. The van der Waals surface area contributed by atoms with Crippen molar-refractivity contribution >= 4 is 45.1 Å². The van der Waals surface area contributed by atoms with Crippen LogP contribution in [0.3, 0.4) is 0 Å². The van der Waals surface area contributed by atoms with Gasteiger partial charge in [0, 0.05) is 0 Å². The van der Waals surface area contributed by atoms with Crippen LogP contribution in [0.4, 0.5) is 0 Å². The van der Waals surface area contributed by atoms with E-state index in [9.17, 15) is 4.79 Å². The number of carbonyl (C=O) groups excluding carboxylic acids is 1. The van der Waals surface area contributed by atoms with E-state index in [2.05, 4.69) is 52.3 Å². The highest BCUT2D eigenvalue weighted by molar-refractivity contribution is 9.09. The summed E-state index contributed by atoms with van der Waals surface area (Å²) in [5, 5.41) is 3.23. The number of benzene rings is 3. The van der Waals surface area contributed by atoms with Gasteiger partial charge in [-0.25, -0.2) is 4.79 Å². The molecule has 0 heterocycles. The summed E-state index contributed by atoms with van der Waals surface area (Å²) in [6.45, 7) is 1.81. The van der Waals surface area contributed by atoms with Crippen LogP contribution in [0.25, 0.3) is 0 Å². The number of rotatable bonds is 6. The number of ether oxygens (including phenoxy) is 1. The van der Waals surface area contributed by atoms with Crippen LogP contribution in [-0.4, -0.2) is 17.1 Å². The second-order valence-electron chi connectivity index (χ2n) is 6.01. The third kappa shape index (κ3) is 4.06. The molecule has 0 aliphatic rings. The molecule has 132 valence electrons. The highest BCUT2D eigenvalue weighted by Gasteiger charge is 2.47. The van der Waals surface area contributed by atoms with E-state index in [1.165, 1.54) is 15.9 Å². The lowest BCUT2D eigenvalue weighted by molar-refractivity contribution is -0.141. The Morgan fingerprint density at radius 2 is 1.15 bits per heavy atom. The third-order valence-corrected chi connectivity index (χ3v) is 8.71. The van der Waals surface area contributed by atoms with Crippen LogP contribution in [0.5, 0.6) is 0 Å². The standard InChI is InChI=1S/C22H21BrO2P/c1-18(23)25-22(24)17-26(19-11-5-2-6-12-19,20-13-7-3-8-14-20)21-15-9-4-10-16-21/h2-16,18H,17H2,1H3/q+1. The molecule has 4 heteroatoms. The van der Waals surface area contributed by atoms with E-state index in [1.807, 2.05) is 61.5 Å². The van der Waals surface area contributed by atoms with Gasteiger partial charge in [-0.15, -0.1) is 0 Å². The van der Waals surface area contributed by atoms with Gasteiger partial charge >= 0.3 is 5.97 Å². The topological polar surface area (TPSA) is 26.3 Å². The molecule has 26 heavy (non-hydrogen) atoms. The summed E-state index contributed by atoms with van der Waals surface area (Å²) in [4.78, 5) is 12.8. The summed E-state index contributed by atoms with van der Waals surface area (Å²) in [5.74, 6) is -0.195. The van der Waals surface area contributed by atoms with Crippen LogP contribution in [-0.2, 0) is 9.53 Å². The summed E-state index contributed by atoms with van der Waals surface area (Å²) in [6, 6.07) is 31.0. The van der Waals surface area contributed by atoms with Crippen molar-refractivity contribution in [2.45, 2.75) is 11.9 Å². The highest BCUT2D eigenvalue weighted by atomic mass is 79.9. The van der Waals surface area contributed by atoms with Crippen LogP contribution >= 0.6 is 23.2 Å². The summed E-state index contributed by atoms with van der Waals surface area (Å²) in [5.41, 5.74) is 0. The van der Waals surface area contributed by atoms with E-state index < -0.39 is 7.26 Å². The molecule has 0 saturated carbocycles. The van der Waals surface area contributed by atoms with E-state index in [1.54, 1.807) is 0 Å². The van der Waals surface area contributed by atoms with Crippen LogP contribution < -0.4 is 15.9 Å². The van der Waals surface area contributed by atoms with Crippen molar-refractivity contribution < 1.29 is 9.53 Å². The van der Waals surface area contributed by atoms with Crippen molar-refractivity contribution in [1.82, 2.24) is 0 Å². The van der Waals surface area contributed by atoms with E-state index >= 15 is 0 Å². The second-order valence-corrected chi connectivity index (χ2v) is 10.8. The van der Waals surface area contributed by atoms with Crippen molar-refractivity contribution in [1.29, 1.82) is 0 Å². The maximum Gasteiger partial charge on any atom is 0.346 e. The molecule has 0 radical (unpaired) electrons. The molecule has 0 aromatic heterocycles. The Morgan fingerprint density at radius 3 is 1.46 bits per heavy atom. The molecule has 1 unspecified atom stereocenters. The predicted octanol–water partition coefficient (Wildman–Crippen LogP) is 4.26. The lowest BCUT2D eigenvalue weighted by Crippen LogP contribution is -2.36. The van der Waals surface area contributed by atoms with Crippen molar-refractivity contribution in [2.24, 2.45) is 0 Å². The van der Waals surface area contributed by atoms with Crippen LogP contribution in [0.1, 0.15) is 6.92 Å². The zero-order valence-electron chi connectivity index (χ0n) is 14.6.